The Kier molecular flexibility index (Phi) is 4.17. The lowest BCUT2D eigenvalue weighted by molar-refractivity contribution is 0.645. The summed E-state index contributed by atoms with van der Waals surface area (Å²) < 4.78 is 0. The Morgan fingerprint density at radius 1 is 0.750 bits per heavy atom. The van der Waals surface area contributed by atoms with E-state index in [9.17, 15) is 0 Å². The molecule has 0 heterocycles. The third kappa shape index (κ3) is 2.93. The van der Waals surface area contributed by atoms with Gasteiger partial charge in [0, 0.05) is 11.4 Å². The molecule has 102 valence electrons. The highest BCUT2D eigenvalue weighted by molar-refractivity contribution is 5.64. The van der Waals surface area contributed by atoms with Crippen molar-refractivity contribution < 1.29 is 0 Å². The molecule has 1 unspecified atom stereocenters. The third-order valence-corrected chi connectivity index (χ3v) is 3.88. The number of hydrogen-bond donors (Lipinski definition) is 0. The molecular formula is C19H21N. The van der Waals surface area contributed by atoms with Crippen molar-refractivity contribution in [1.82, 2.24) is 0 Å². The van der Waals surface area contributed by atoms with Gasteiger partial charge >= 0.3 is 0 Å². The van der Waals surface area contributed by atoms with Crippen molar-refractivity contribution in [3.63, 3.8) is 0 Å². The number of hydrogen-bond acceptors (Lipinski definition) is 1. The maximum Gasteiger partial charge on any atom is 0.0522 e. The number of anilines is 2. The van der Waals surface area contributed by atoms with Gasteiger partial charge in [0.1, 0.15) is 0 Å². The van der Waals surface area contributed by atoms with E-state index >= 15 is 0 Å². The topological polar surface area (TPSA) is 3.24 Å². The summed E-state index contributed by atoms with van der Waals surface area (Å²) in [5.41, 5.74) is 2.55. The summed E-state index contributed by atoms with van der Waals surface area (Å²) in [6.07, 6.45) is 9.77. The van der Waals surface area contributed by atoms with Crippen LogP contribution >= 0.6 is 0 Å². The number of nitrogens with zero attached hydrogens (tertiary/aromatic N) is 1. The van der Waals surface area contributed by atoms with E-state index < -0.39 is 0 Å². The van der Waals surface area contributed by atoms with Gasteiger partial charge in [-0.1, -0.05) is 55.0 Å². The summed E-state index contributed by atoms with van der Waals surface area (Å²) in [7, 11) is 0. The minimum absolute atomic E-state index is 0.460. The predicted molar refractivity (Wildman–Crippen MR) is 86.4 cm³/mol. The highest BCUT2D eigenvalue weighted by Crippen LogP contribution is 2.31. The van der Waals surface area contributed by atoms with E-state index in [-0.39, 0.29) is 0 Å². The Morgan fingerprint density at radius 3 is 1.95 bits per heavy atom. The van der Waals surface area contributed by atoms with E-state index in [2.05, 4.69) is 77.7 Å². The van der Waals surface area contributed by atoms with Gasteiger partial charge in [0.15, 0.2) is 0 Å². The fraction of sp³-hybridized carbons (Fsp3) is 0.263. The Morgan fingerprint density at radius 2 is 1.35 bits per heavy atom. The molecule has 1 atom stereocenters. The molecule has 1 nitrogen and oxygen atoms in total. The highest BCUT2D eigenvalue weighted by Gasteiger charge is 2.18. The van der Waals surface area contributed by atoms with Gasteiger partial charge in [-0.25, -0.2) is 0 Å². The SMILES string of the molecule is C1=CC(N(c2ccccc2)c2ccccc2)CCCC1. The predicted octanol–water partition coefficient (Wildman–Crippen LogP) is 5.32. The van der Waals surface area contributed by atoms with Crippen molar-refractivity contribution in [3.8, 4) is 0 Å². The van der Waals surface area contributed by atoms with Crippen LogP contribution in [0.3, 0.4) is 0 Å². The molecule has 0 bridgehead atoms. The van der Waals surface area contributed by atoms with Crippen molar-refractivity contribution in [1.29, 1.82) is 0 Å². The maximum absolute atomic E-state index is 2.46. The molecule has 0 fully saturated rings. The van der Waals surface area contributed by atoms with Crippen molar-refractivity contribution in [2.75, 3.05) is 4.90 Å². The van der Waals surface area contributed by atoms with Crippen LogP contribution in [-0.4, -0.2) is 6.04 Å². The van der Waals surface area contributed by atoms with Crippen LogP contribution in [0.2, 0.25) is 0 Å². The summed E-state index contributed by atoms with van der Waals surface area (Å²) in [6.45, 7) is 0. The summed E-state index contributed by atoms with van der Waals surface area (Å²) in [5, 5.41) is 0. The van der Waals surface area contributed by atoms with E-state index in [4.69, 9.17) is 0 Å². The summed E-state index contributed by atoms with van der Waals surface area (Å²) in [4.78, 5) is 2.46. The first-order chi connectivity index (χ1) is 9.95. The highest BCUT2D eigenvalue weighted by atomic mass is 15.2. The van der Waals surface area contributed by atoms with Crippen LogP contribution in [-0.2, 0) is 0 Å². The van der Waals surface area contributed by atoms with E-state index in [1.807, 2.05) is 0 Å². The molecule has 0 N–H and O–H groups in total. The molecule has 1 aliphatic rings. The second kappa shape index (κ2) is 6.42. The number of rotatable bonds is 3. The molecule has 0 aromatic heterocycles. The second-order valence-electron chi connectivity index (χ2n) is 5.32. The minimum Gasteiger partial charge on any atom is -0.335 e. The van der Waals surface area contributed by atoms with Gasteiger partial charge < -0.3 is 4.90 Å². The monoisotopic (exact) mass is 263 g/mol. The fourth-order valence-electron chi connectivity index (χ4n) is 2.89. The zero-order valence-electron chi connectivity index (χ0n) is 11.8. The smallest absolute Gasteiger partial charge is 0.0522 e. The largest absolute Gasteiger partial charge is 0.335 e. The van der Waals surface area contributed by atoms with Crippen molar-refractivity contribution >= 4 is 11.4 Å². The van der Waals surface area contributed by atoms with E-state index in [0.29, 0.717) is 6.04 Å². The number of benzene rings is 2. The molecule has 1 aliphatic carbocycles. The minimum atomic E-state index is 0.460. The molecule has 20 heavy (non-hydrogen) atoms. The van der Waals surface area contributed by atoms with Gasteiger partial charge in [0.05, 0.1) is 6.04 Å². The van der Waals surface area contributed by atoms with Gasteiger partial charge in [-0.05, 0) is 43.5 Å². The van der Waals surface area contributed by atoms with Crippen LogP contribution in [0.25, 0.3) is 0 Å². The van der Waals surface area contributed by atoms with Gasteiger partial charge in [-0.2, -0.15) is 0 Å². The first-order valence-corrected chi connectivity index (χ1v) is 7.51. The second-order valence-corrected chi connectivity index (χ2v) is 5.32. The lowest BCUT2D eigenvalue weighted by Gasteiger charge is -2.32. The zero-order chi connectivity index (χ0) is 13.6. The molecule has 0 amide bonds. The molecule has 0 radical (unpaired) electrons. The maximum atomic E-state index is 2.46. The molecule has 0 saturated carbocycles. The van der Waals surface area contributed by atoms with Crippen LogP contribution in [0.15, 0.2) is 72.8 Å². The Balaban J connectivity index is 1.99. The van der Waals surface area contributed by atoms with Crippen LogP contribution < -0.4 is 4.90 Å². The quantitative estimate of drug-likeness (QED) is 0.677. The zero-order valence-corrected chi connectivity index (χ0v) is 11.8. The number of para-hydroxylation sites is 2. The summed E-state index contributed by atoms with van der Waals surface area (Å²) in [6, 6.07) is 21.9. The normalized spacial score (nSPS) is 18.5. The molecule has 1 heteroatoms. The molecule has 2 aromatic rings. The third-order valence-electron chi connectivity index (χ3n) is 3.88. The molecule has 2 aromatic carbocycles. The molecular weight excluding hydrogens is 242 g/mol. The fourth-order valence-corrected chi connectivity index (χ4v) is 2.89. The average Bonchev–Trinajstić information content (AvgIpc) is 2.79. The molecule has 0 spiro atoms. The van der Waals surface area contributed by atoms with E-state index in [1.54, 1.807) is 0 Å². The van der Waals surface area contributed by atoms with Crippen molar-refractivity contribution in [2.45, 2.75) is 31.7 Å². The Bertz CT molecular complexity index is 505. The van der Waals surface area contributed by atoms with Crippen LogP contribution in [0.4, 0.5) is 11.4 Å². The molecule has 0 aliphatic heterocycles. The average molecular weight is 263 g/mol. The number of allylic oxidation sites excluding steroid dienone is 1. The van der Waals surface area contributed by atoms with Crippen LogP contribution in [0.5, 0.6) is 0 Å². The van der Waals surface area contributed by atoms with Crippen molar-refractivity contribution in [2.24, 2.45) is 0 Å². The molecule has 3 rings (SSSR count). The summed E-state index contributed by atoms with van der Waals surface area (Å²) >= 11 is 0. The van der Waals surface area contributed by atoms with Gasteiger partial charge in [0.2, 0.25) is 0 Å². The van der Waals surface area contributed by atoms with Crippen LogP contribution in [0, 0.1) is 0 Å². The Hall–Kier alpha value is -2.02. The van der Waals surface area contributed by atoms with E-state index in [1.165, 1.54) is 37.1 Å². The first-order valence-electron chi connectivity index (χ1n) is 7.51. The molecule has 0 saturated heterocycles. The van der Waals surface area contributed by atoms with Crippen LogP contribution in [0.1, 0.15) is 25.7 Å². The summed E-state index contributed by atoms with van der Waals surface area (Å²) in [5.74, 6) is 0. The lowest BCUT2D eigenvalue weighted by Crippen LogP contribution is -2.29. The van der Waals surface area contributed by atoms with Gasteiger partial charge in [-0.3, -0.25) is 0 Å². The van der Waals surface area contributed by atoms with E-state index in [0.717, 1.165) is 0 Å². The van der Waals surface area contributed by atoms with Crippen molar-refractivity contribution in [3.05, 3.63) is 72.8 Å². The first kappa shape index (κ1) is 13.0. The standard InChI is InChI=1S/C19H21N/c1-2-6-12-17(11-5-1)20(18-13-7-3-8-14-18)19-15-9-4-10-16-19/h3-5,7-11,13-17H,1-2,6,12H2. The van der Waals surface area contributed by atoms with Gasteiger partial charge in [-0.15, -0.1) is 0 Å². The van der Waals surface area contributed by atoms with Gasteiger partial charge in [0.25, 0.3) is 0 Å². The lowest BCUT2D eigenvalue weighted by atomic mass is 10.1. The Labute approximate surface area is 121 Å².